The Labute approximate surface area is 314 Å². The highest BCUT2D eigenvalue weighted by Crippen LogP contribution is 2.50. The first-order valence-corrected chi connectivity index (χ1v) is 18.4. The second-order valence-corrected chi connectivity index (χ2v) is 13.6. The Morgan fingerprint density at radius 1 is 0.241 bits per heavy atom. The Morgan fingerprint density at radius 3 is 1.31 bits per heavy atom. The highest BCUT2D eigenvalue weighted by atomic mass is 14.7. The molecule has 0 spiro atoms. The summed E-state index contributed by atoms with van der Waals surface area (Å²) in [6, 6.07) is 69.6. The van der Waals surface area contributed by atoms with E-state index in [1.807, 2.05) is 24.5 Å². The van der Waals surface area contributed by atoms with Gasteiger partial charge in [-0.3, -0.25) is 9.97 Å². The van der Waals surface area contributed by atoms with E-state index in [1.54, 1.807) is 0 Å². The van der Waals surface area contributed by atoms with Gasteiger partial charge in [0, 0.05) is 29.1 Å². The second kappa shape index (κ2) is 13.4. The first-order chi connectivity index (χ1) is 26.8. The fraction of sp³-hybridized carbons (Fsp3) is 0. The summed E-state index contributed by atoms with van der Waals surface area (Å²) in [5.74, 6) is 0. The lowest BCUT2D eigenvalue weighted by Gasteiger charge is -2.23. The Kier molecular flexibility index (Phi) is 7.85. The van der Waals surface area contributed by atoms with Crippen LogP contribution in [0.15, 0.2) is 207 Å². The van der Waals surface area contributed by atoms with E-state index in [1.165, 1.54) is 54.6 Å². The molecule has 0 aliphatic rings. The SMILES string of the molecule is c1ccc(-c2ccccc2-c2ccccc2-c2ccc(-c3ccccn3)c(-c3ccccn3)c2-c2cccc3c4ccccc4c4ccccc4c23)cc1. The summed E-state index contributed by atoms with van der Waals surface area (Å²) in [4.78, 5) is 9.96. The molecule has 10 rings (SSSR count). The average Bonchev–Trinajstić information content (AvgIpc) is 3.26. The molecule has 0 aliphatic carbocycles. The maximum absolute atomic E-state index is 5.06. The van der Waals surface area contributed by atoms with Crippen LogP contribution in [0.4, 0.5) is 0 Å². The molecule has 0 bridgehead atoms. The molecule has 252 valence electrons. The fourth-order valence-electron chi connectivity index (χ4n) is 8.32. The Bertz CT molecular complexity index is 2920. The van der Waals surface area contributed by atoms with Crippen molar-refractivity contribution in [2.75, 3.05) is 0 Å². The molecule has 0 saturated carbocycles. The van der Waals surface area contributed by atoms with Crippen LogP contribution in [0.5, 0.6) is 0 Å². The lowest BCUT2D eigenvalue weighted by atomic mass is 9.80. The number of nitrogens with zero attached hydrogens (tertiary/aromatic N) is 2. The minimum Gasteiger partial charge on any atom is -0.256 e. The van der Waals surface area contributed by atoms with E-state index in [0.717, 1.165) is 44.8 Å². The van der Waals surface area contributed by atoms with E-state index in [9.17, 15) is 0 Å². The largest absolute Gasteiger partial charge is 0.256 e. The third-order valence-electron chi connectivity index (χ3n) is 10.6. The van der Waals surface area contributed by atoms with Gasteiger partial charge in [0.2, 0.25) is 0 Å². The van der Waals surface area contributed by atoms with Crippen LogP contribution in [-0.4, -0.2) is 9.97 Å². The first-order valence-electron chi connectivity index (χ1n) is 18.4. The average molecular weight is 687 g/mol. The van der Waals surface area contributed by atoms with Crippen molar-refractivity contribution in [2.24, 2.45) is 0 Å². The molecule has 0 aliphatic heterocycles. The standard InChI is InChI=1S/C52H34N2/c1-2-17-35(18-3-1)36-19-4-5-20-37(36)38-21-6-9-25-42(38)45-31-32-46(48-29-12-14-33-53-48)52(49-30-13-15-34-54-49)51(45)47-28-16-27-44-41-23-8-7-22-39(41)40-24-10-11-26-43(40)50(44)47/h1-34H. The van der Waals surface area contributed by atoms with Gasteiger partial charge in [-0.2, -0.15) is 0 Å². The predicted molar refractivity (Wildman–Crippen MR) is 227 cm³/mol. The van der Waals surface area contributed by atoms with Gasteiger partial charge in [-0.05, 0) is 95.5 Å². The van der Waals surface area contributed by atoms with Crippen molar-refractivity contribution >= 4 is 32.3 Å². The van der Waals surface area contributed by atoms with Crippen molar-refractivity contribution in [3.63, 3.8) is 0 Å². The molecule has 0 N–H and O–H groups in total. The summed E-state index contributed by atoms with van der Waals surface area (Å²) in [5.41, 5.74) is 13.2. The summed E-state index contributed by atoms with van der Waals surface area (Å²) in [5, 5.41) is 7.43. The molecule has 54 heavy (non-hydrogen) atoms. The van der Waals surface area contributed by atoms with Crippen LogP contribution in [0.25, 0.3) is 99.3 Å². The second-order valence-electron chi connectivity index (χ2n) is 13.6. The van der Waals surface area contributed by atoms with E-state index in [2.05, 4.69) is 182 Å². The van der Waals surface area contributed by atoms with E-state index in [0.29, 0.717) is 0 Å². The van der Waals surface area contributed by atoms with Crippen molar-refractivity contribution in [1.82, 2.24) is 9.97 Å². The minimum atomic E-state index is 0.902. The van der Waals surface area contributed by atoms with Gasteiger partial charge >= 0.3 is 0 Å². The number of hydrogen-bond acceptors (Lipinski definition) is 2. The molecule has 0 fully saturated rings. The summed E-state index contributed by atoms with van der Waals surface area (Å²) in [7, 11) is 0. The normalized spacial score (nSPS) is 11.3. The molecule has 0 unspecified atom stereocenters. The lowest BCUT2D eigenvalue weighted by Crippen LogP contribution is -1.99. The van der Waals surface area contributed by atoms with Crippen molar-refractivity contribution < 1.29 is 0 Å². The number of aromatic nitrogens is 2. The Balaban J connectivity index is 1.38. The smallest absolute Gasteiger partial charge is 0.0715 e. The van der Waals surface area contributed by atoms with E-state index < -0.39 is 0 Å². The Hall–Kier alpha value is -7.16. The van der Waals surface area contributed by atoms with E-state index in [4.69, 9.17) is 9.97 Å². The van der Waals surface area contributed by atoms with Gasteiger partial charge in [-0.15, -0.1) is 0 Å². The first kappa shape index (κ1) is 31.6. The molecule has 2 heterocycles. The zero-order valence-electron chi connectivity index (χ0n) is 29.5. The summed E-state index contributed by atoms with van der Waals surface area (Å²) in [6.45, 7) is 0. The van der Waals surface area contributed by atoms with Gasteiger partial charge in [0.15, 0.2) is 0 Å². The molecule has 2 nitrogen and oxygen atoms in total. The van der Waals surface area contributed by atoms with Crippen LogP contribution in [0.1, 0.15) is 0 Å². The molecule has 0 atom stereocenters. The van der Waals surface area contributed by atoms with Crippen molar-refractivity contribution in [2.45, 2.75) is 0 Å². The molecule has 0 radical (unpaired) electrons. The van der Waals surface area contributed by atoms with Gasteiger partial charge < -0.3 is 0 Å². The summed E-state index contributed by atoms with van der Waals surface area (Å²) in [6.07, 6.45) is 3.77. The fourth-order valence-corrected chi connectivity index (χ4v) is 8.32. The lowest BCUT2D eigenvalue weighted by molar-refractivity contribution is 1.30. The quantitative estimate of drug-likeness (QED) is 0.163. The minimum absolute atomic E-state index is 0.902. The van der Waals surface area contributed by atoms with Crippen molar-refractivity contribution in [1.29, 1.82) is 0 Å². The van der Waals surface area contributed by atoms with Gasteiger partial charge in [-0.1, -0.05) is 170 Å². The Morgan fingerprint density at radius 2 is 0.685 bits per heavy atom. The third kappa shape index (κ3) is 5.27. The predicted octanol–water partition coefficient (Wildman–Crippen LogP) is 13.9. The highest BCUT2D eigenvalue weighted by molar-refractivity contribution is 6.29. The third-order valence-corrected chi connectivity index (χ3v) is 10.6. The number of hydrogen-bond donors (Lipinski definition) is 0. The molecule has 8 aromatic carbocycles. The van der Waals surface area contributed by atoms with Gasteiger partial charge in [0.25, 0.3) is 0 Å². The van der Waals surface area contributed by atoms with Gasteiger partial charge in [0.05, 0.1) is 11.4 Å². The summed E-state index contributed by atoms with van der Waals surface area (Å²) < 4.78 is 0. The number of fused-ring (bicyclic) bond motifs is 6. The molecule has 0 amide bonds. The number of benzene rings is 8. The summed E-state index contributed by atoms with van der Waals surface area (Å²) >= 11 is 0. The van der Waals surface area contributed by atoms with Crippen LogP contribution in [0.2, 0.25) is 0 Å². The molecule has 2 aromatic heterocycles. The number of pyridine rings is 2. The van der Waals surface area contributed by atoms with Crippen LogP contribution in [0.3, 0.4) is 0 Å². The molecular formula is C52H34N2. The molecule has 2 heteroatoms. The van der Waals surface area contributed by atoms with Gasteiger partial charge in [-0.25, -0.2) is 0 Å². The van der Waals surface area contributed by atoms with Crippen LogP contribution in [-0.2, 0) is 0 Å². The van der Waals surface area contributed by atoms with Crippen molar-refractivity contribution in [3.8, 4) is 67.0 Å². The maximum atomic E-state index is 5.06. The zero-order valence-corrected chi connectivity index (χ0v) is 29.5. The van der Waals surface area contributed by atoms with E-state index >= 15 is 0 Å². The number of rotatable bonds is 6. The van der Waals surface area contributed by atoms with E-state index in [-0.39, 0.29) is 0 Å². The molecular weight excluding hydrogens is 653 g/mol. The van der Waals surface area contributed by atoms with Gasteiger partial charge in [0.1, 0.15) is 0 Å². The molecule has 0 saturated heterocycles. The van der Waals surface area contributed by atoms with Crippen LogP contribution < -0.4 is 0 Å². The topological polar surface area (TPSA) is 25.8 Å². The monoisotopic (exact) mass is 686 g/mol. The van der Waals surface area contributed by atoms with Crippen LogP contribution in [0, 0.1) is 0 Å². The zero-order chi connectivity index (χ0) is 35.8. The van der Waals surface area contributed by atoms with Crippen molar-refractivity contribution in [3.05, 3.63) is 207 Å². The maximum Gasteiger partial charge on any atom is 0.0715 e. The highest BCUT2D eigenvalue weighted by Gasteiger charge is 2.25. The molecule has 10 aromatic rings. The van der Waals surface area contributed by atoms with Crippen LogP contribution >= 0.6 is 0 Å².